The van der Waals surface area contributed by atoms with E-state index in [-0.39, 0.29) is 6.29 Å². The summed E-state index contributed by atoms with van der Waals surface area (Å²) in [6.07, 6.45) is 0.0394. The monoisotopic (exact) mass is 89.1 g/mol. The Morgan fingerprint density at radius 3 is 2.33 bits per heavy atom. The van der Waals surface area contributed by atoms with Crippen LogP contribution in [0.1, 0.15) is 13.8 Å². The maximum absolute atomic E-state index is 8.25. The summed E-state index contributed by atoms with van der Waals surface area (Å²) in [7, 11) is 0. The number of aliphatic hydroxyl groups is 1. The first kappa shape index (κ1) is 5.92. The second-order valence-electron chi connectivity index (χ2n) is 0.952. The average Bonchev–Trinajstić information content (AvgIpc) is 1.35. The van der Waals surface area contributed by atoms with Crippen molar-refractivity contribution in [2.24, 2.45) is 0 Å². The predicted octanol–water partition coefficient (Wildman–Crippen LogP) is 0.905. The number of hydrogen-bond acceptors (Lipinski definition) is 2. The van der Waals surface area contributed by atoms with E-state index in [1.807, 2.05) is 6.92 Å². The van der Waals surface area contributed by atoms with Gasteiger partial charge in [-0.2, -0.15) is 0 Å². The van der Waals surface area contributed by atoms with Crippen molar-refractivity contribution in [2.75, 3.05) is 6.61 Å². The summed E-state index contributed by atoms with van der Waals surface area (Å²) in [5.41, 5.74) is 0. The standard InChI is InChI=1S/C4H9O2/c1-3-6-4(2)5/h5H,3H2,1-2H3. The maximum Gasteiger partial charge on any atom is 0.217 e. The van der Waals surface area contributed by atoms with Crippen molar-refractivity contribution in [3.05, 3.63) is 6.29 Å². The molecule has 0 aromatic heterocycles. The molecular formula is C4H9O2. The zero-order valence-corrected chi connectivity index (χ0v) is 4.06. The van der Waals surface area contributed by atoms with Crippen LogP contribution >= 0.6 is 0 Å². The van der Waals surface area contributed by atoms with Gasteiger partial charge in [0.2, 0.25) is 6.29 Å². The maximum atomic E-state index is 8.25. The summed E-state index contributed by atoms with van der Waals surface area (Å²) >= 11 is 0. The van der Waals surface area contributed by atoms with Crippen molar-refractivity contribution in [3.8, 4) is 0 Å². The van der Waals surface area contributed by atoms with E-state index in [0.717, 1.165) is 0 Å². The molecule has 1 N–H and O–H groups in total. The van der Waals surface area contributed by atoms with E-state index in [1.54, 1.807) is 0 Å². The van der Waals surface area contributed by atoms with Gasteiger partial charge in [-0.1, -0.05) is 0 Å². The first-order valence-electron chi connectivity index (χ1n) is 1.92. The van der Waals surface area contributed by atoms with Crippen molar-refractivity contribution in [3.63, 3.8) is 0 Å². The van der Waals surface area contributed by atoms with Crippen LogP contribution in [-0.4, -0.2) is 11.7 Å². The molecule has 0 aromatic carbocycles. The topological polar surface area (TPSA) is 29.5 Å². The number of rotatable bonds is 2. The second kappa shape index (κ2) is 3.12. The summed E-state index contributed by atoms with van der Waals surface area (Å²) in [6, 6.07) is 0. The Labute approximate surface area is 37.7 Å². The summed E-state index contributed by atoms with van der Waals surface area (Å²) in [4.78, 5) is 0. The lowest BCUT2D eigenvalue weighted by Crippen LogP contribution is -1.94. The Balaban J connectivity index is 2.63. The largest absolute Gasteiger partial charge is 0.362 e. The fourth-order valence-electron chi connectivity index (χ4n) is 0.209. The lowest BCUT2D eigenvalue weighted by atomic mass is 10.7. The fraction of sp³-hybridized carbons (Fsp3) is 0.750. The van der Waals surface area contributed by atoms with E-state index in [2.05, 4.69) is 4.74 Å². The van der Waals surface area contributed by atoms with Crippen LogP contribution in [0.5, 0.6) is 0 Å². The Bertz CT molecular complexity index is 26.7. The molecule has 37 valence electrons. The van der Waals surface area contributed by atoms with Crippen molar-refractivity contribution in [1.82, 2.24) is 0 Å². The molecule has 0 unspecified atom stereocenters. The minimum absolute atomic E-state index is 0.0394. The summed E-state index contributed by atoms with van der Waals surface area (Å²) in [5.74, 6) is 0. The molecular weight excluding hydrogens is 80.0 g/mol. The normalized spacial score (nSPS) is 10.0. The molecule has 0 amide bonds. The van der Waals surface area contributed by atoms with Gasteiger partial charge in [0.25, 0.3) is 0 Å². The molecule has 0 aromatic rings. The highest BCUT2D eigenvalue weighted by Gasteiger charge is 1.88. The first-order valence-corrected chi connectivity index (χ1v) is 1.92. The van der Waals surface area contributed by atoms with Gasteiger partial charge in [-0.15, -0.1) is 0 Å². The van der Waals surface area contributed by atoms with Crippen LogP contribution in [0.2, 0.25) is 0 Å². The third kappa shape index (κ3) is 3.92. The molecule has 2 heteroatoms. The van der Waals surface area contributed by atoms with E-state index in [1.165, 1.54) is 6.92 Å². The third-order valence-electron chi connectivity index (χ3n) is 0.353. The van der Waals surface area contributed by atoms with E-state index in [9.17, 15) is 0 Å². The quantitative estimate of drug-likeness (QED) is 0.544. The summed E-state index contributed by atoms with van der Waals surface area (Å²) in [5, 5.41) is 8.25. The molecule has 0 saturated heterocycles. The Kier molecular flexibility index (Phi) is 3.08. The van der Waals surface area contributed by atoms with Crippen LogP contribution in [0.15, 0.2) is 0 Å². The minimum atomic E-state index is 0.0394. The van der Waals surface area contributed by atoms with Crippen LogP contribution in [0.3, 0.4) is 0 Å². The van der Waals surface area contributed by atoms with Gasteiger partial charge < -0.3 is 9.84 Å². The fourth-order valence-corrected chi connectivity index (χ4v) is 0.209. The van der Waals surface area contributed by atoms with Crippen molar-refractivity contribution >= 4 is 0 Å². The molecule has 0 fully saturated rings. The van der Waals surface area contributed by atoms with Gasteiger partial charge in [0.15, 0.2) is 0 Å². The van der Waals surface area contributed by atoms with Crippen molar-refractivity contribution in [2.45, 2.75) is 13.8 Å². The smallest absolute Gasteiger partial charge is 0.217 e. The molecule has 0 aliphatic heterocycles. The van der Waals surface area contributed by atoms with Crippen LogP contribution < -0.4 is 0 Å². The van der Waals surface area contributed by atoms with Crippen LogP contribution in [-0.2, 0) is 4.74 Å². The molecule has 0 aliphatic carbocycles. The predicted molar refractivity (Wildman–Crippen MR) is 22.5 cm³/mol. The first-order chi connectivity index (χ1) is 2.77. The van der Waals surface area contributed by atoms with Crippen molar-refractivity contribution in [1.29, 1.82) is 0 Å². The molecule has 0 spiro atoms. The summed E-state index contributed by atoms with van der Waals surface area (Å²) in [6.45, 7) is 3.87. The Morgan fingerprint density at radius 1 is 1.83 bits per heavy atom. The van der Waals surface area contributed by atoms with Crippen molar-refractivity contribution < 1.29 is 9.84 Å². The number of hydrogen-bond donors (Lipinski definition) is 1. The van der Waals surface area contributed by atoms with E-state index < -0.39 is 0 Å². The molecule has 0 heterocycles. The molecule has 0 bridgehead atoms. The lowest BCUT2D eigenvalue weighted by Gasteiger charge is -1.97. The molecule has 2 nitrogen and oxygen atoms in total. The van der Waals surface area contributed by atoms with Gasteiger partial charge in [-0.3, -0.25) is 0 Å². The highest BCUT2D eigenvalue weighted by molar-refractivity contribution is 4.44. The van der Waals surface area contributed by atoms with E-state index in [4.69, 9.17) is 5.11 Å². The summed E-state index contributed by atoms with van der Waals surface area (Å²) < 4.78 is 4.51. The highest BCUT2D eigenvalue weighted by atomic mass is 16.6. The Morgan fingerprint density at radius 2 is 2.33 bits per heavy atom. The van der Waals surface area contributed by atoms with Gasteiger partial charge in [-0.05, 0) is 13.8 Å². The highest BCUT2D eigenvalue weighted by Crippen LogP contribution is 1.89. The molecule has 1 radical (unpaired) electrons. The van der Waals surface area contributed by atoms with Crippen LogP contribution in [0.25, 0.3) is 0 Å². The van der Waals surface area contributed by atoms with Gasteiger partial charge in [0.1, 0.15) is 0 Å². The second-order valence-corrected chi connectivity index (χ2v) is 0.952. The molecule has 0 atom stereocenters. The van der Waals surface area contributed by atoms with Crippen LogP contribution in [0, 0.1) is 6.29 Å². The molecule has 0 saturated carbocycles. The lowest BCUT2D eigenvalue weighted by molar-refractivity contribution is 0.0218. The van der Waals surface area contributed by atoms with Gasteiger partial charge >= 0.3 is 0 Å². The average molecular weight is 89.1 g/mol. The minimum Gasteiger partial charge on any atom is -0.362 e. The third-order valence-corrected chi connectivity index (χ3v) is 0.353. The van der Waals surface area contributed by atoms with E-state index >= 15 is 0 Å². The van der Waals surface area contributed by atoms with Crippen LogP contribution in [0.4, 0.5) is 0 Å². The van der Waals surface area contributed by atoms with Gasteiger partial charge in [-0.25, -0.2) is 0 Å². The zero-order valence-electron chi connectivity index (χ0n) is 4.06. The molecule has 6 heavy (non-hydrogen) atoms. The van der Waals surface area contributed by atoms with E-state index in [0.29, 0.717) is 6.61 Å². The zero-order chi connectivity index (χ0) is 4.99. The van der Waals surface area contributed by atoms with Gasteiger partial charge in [0.05, 0.1) is 0 Å². The SMILES string of the molecule is CCO[C](C)O. The number of aliphatic hydroxyl groups excluding tert-OH is 1. The van der Waals surface area contributed by atoms with Gasteiger partial charge in [0, 0.05) is 6.61 Å². The molecule has 0 aliphatic rings. The number of ether oxygens (including phenoxy) is 1. The Hall–Kier alpha value is -0.0800. The molecule has 0 rings (SSSR count).